The maximum absolute atomic E-state index is 11.9. The molecule has 2 aromatic heterocycles. The second-order valence-electron chi connectivity index (χ2n) is 4.09. The highest BCUT2D eigenvalue weighted by Crippen LogP contribution is 2.16. The predicted molar refractivity (Wildman–Crippen MR) is 68.0 cm³/mol. The molecule has 0 fully saturated rings. The summed E-state index contributed by atoms with van der Waals surface area (Å²) < 4.78 is 5.45. The van der Waals surface area contributed by atoms with Crippen molar-refractivity contribution in [1.82, 2.24) is 10.3 Å². The van der Waals surface area contributed by atoms with E-state index in [2.05, 4.69) is 10.3 Å². The Morgan fingerprint density at radius 1 is 1.39 bits per heavy atom. The van der Waals surface area contributed by atoms with Crippen LogP contribution in [-0.2, 0) is 0 Å². The van der Waals surface area contributed by atoms with Crippen LogP contribution >= 0.6 is 0 Å². The lowest BCUT2D eigenvalue weighted by molar-refractivity contribution is 0.0930. The maximum Gasteiger partial charge on any atom is 0.270 e. The van der Waals surface area contributed by atoms with Crippen LogP contribution in [0.2, 0.25) is 0 Å². The number of amides is 1. The number of hydrogen-bond donors (Lipinski definition) is 2. The van der Waals surface area contributed by atoms with E-state index in [-0.39, 0.29) is 11.9 Å². The summed E-state index contributed by atoms with van der Waals surface area (Å²) in [5.74, 6) is 1.57. The van der Waals surface area contributed by atoms with Gasteiger partial charge in [0.2, 0.25) is 0 Å². The van der Waals surface area contributed by atoms with Crippen LogP contribution in [0.4, 0.5) is 5.82 Å². The van der Waals surface area contributed by atoms with Crippen molar-refractivity contribution in [2.75, 3.05) is 5.73 Å². The number of furan rings is 1. The number of hydrogen-bond acceptors (Lipinski definition) is 4. The first-order valence-corrected chi connectivity index (χ1v) is 5.66. The van der Waals surface area contributed by atoms with Gasteiger partial charge in [0, 0.05) is 0 Å². The molecule has 0 saturated carbocycles. The van der Waals surface area contributed by atoms with Crippen molar-refractivity contribution >= 4 is 11.7 Å². The molecule has 0 saturated heterocycles. The van der Waals surface area contributed by atoms with E-state index < -0.39 is 0 Å². The van der Waals surface area contributed by atoms with Crippen molar-refractivity contribution in [2.24, 2.45) is 0 Å². The molecule has 1 unspecified atom stereocenters. The first-order valence-electron chi connectivity index (χ1n) is 5.66. The zero-order chi connectivity index (χ0) is 13.1. The second kappa shape index (κ2) is 4.91. The summed E-state index contributed by atoms with van der Waals surface area (Å²) in [6, 6.07) is 8.43. The van der Waals surface area contributed by atoms with Gasteiger partial charge in [-0.3, -0.25) is 4.79 Å². The van der Waals surface area contributed by atoms with Gasteiger partial charge in [-0.2, -0.15) is 0 Å². The van der Waals surface area contributed by atoms with Crippen LogP contribution in [0.25, 0.3) is 0 Å². The molecule has 2 heterocycles. The normalized spacial score (nSPS) is 12.1. The third kappa shape index (κ3) is 2.68. The minimum atomic E-state index is -0.274. The fraction of sp³-hybridized carbons (Fsp3) is 0.231. The number of aryl methyl sites for hydroxylation is 1. The average molecular weight is 245 g/mol. The largest absolute Gasteiger partial charge is 0.464 e. The Morgan fingerprint density at radius 2 is 2.17 bits per heavy atom. The summed E-state index contributed by atoms with van der Waals surface area (Å²) in [6.45, 7) is 3.71. The molecule has 1 amide bonds. The van der Waals surface area contributed by atoms with Gasteiger partial charge in [0.15, 0.2) is 0 Å². The molecule has 3 N–H and O–H groups in total. The van der Waals surface area contributed by atoms with Gasteiger partial charge in [-0.25, -0.2) is 4.98 Å². The van der Waals surface area contributed by atoms with Crippen molar-refractivity contribution in [1.29, 1.82) is 0 Å². The topological polar surface area (TPSA) is 81.2 Å². The number of carbonyl (C=O) groups excluding carboxylic acids is 1. The van der Waals surface area contributed by atoms with Gasteiger partial charge in [0.25, 0.3) is 5.91 Å². The maximum atomic E-state index is 11.9. The molecule has 0 aliphatic heterocycles. The number of nitrogen functional groups attached to an aromatic ring is 1. The molecule has 0 spiro atoms. The quantitative estimate of drug-likeness (QED) is 0.867. The van der Waals surface area contributed by atoms with E-state index in [4.69, 9.17) is 10.2 Å². The molecule has 0 aromatic carbocycles. The highest BCUT2D eigenvalue weighted by Gasteiger charge is 2.14. The number of rotatable bonds is 3. The van der Waals surface area contributed by atoms with Gasteiger partial charge >= 0.3 is 0 Å². The van der Waals surface area contributed by atoms with Crippen molar-refractivity contribution in [3.63, 3.8) is 0 Å². The lowest BCUT2D eigenvalue weighted by Crippen LogP contribution is -2.27. The van der Waals surface area contributed by atoms with Gasteiger partial charge in [0.1, 0.15) is 23.0 Å². The Labute approximate surface area is 105 Å². The van der Waals surface area contributed by atoms with E-state index in [1.165, 1.54) is 0 Å². The molecule has 0 bridgehead atoms. The van der Waals surface area contributed by atoms with Crippen LogP contribution in [0, 0.1) is 6.92 Å². The molecule has 18 heavy (non-hydrogen) atoms. The first kappa shape index (κ1) is 12.2. The average Bonchev–Trinajstić information content (AvgIpc) is 2.76. The molecule has 2 rings (SSSR count). The highest BCUT2D eigenvalue weighted by atomic mass is 16.3. The number of carbonyl (C=O) groups is 1. The summed E-state index contributed by atoms with van der Waals surface area (Å²) in [5, 5.41) is 2.80. The Balaban J connectivity index is 2.08. The van der Waals surface area contributed by atoms with Crippen molar-refractivity contribution in [2.45, 2.75) is 19.9 Å². The van der Waals surface area contributed by atoms with Crippen molar-refractivity contribution in [3.05, 3.63) is 47.5 Å². The third-order valence-electron chi connectivity index (χ3n) is 2.54. The molecular weight excluding hydrogens is 230 g/mol. The number of aromatic nitrogens is 1. The predicted octanol–water partition coefficient (Wildman–Crippen LogP) is 2.06. The minimum Gasteiger partial charge on any atom is -0.464 e. The van der Waals surface area contributed by atoms with E-state index in [1.807, 2.05) is 26.0 Å². The summed E-state index contributed by atoms with van der Waals surface area (Å²) >= 11 is 0. The lowest BCUT2D eigenvalue weighted by Gasteiger charge is -2.11. The fourth-order valence-corrected chi connectivity index (χ4v) is 1.61. The monoisotopic (exact) mass is 245 g/mol. The molecule has 0 aliphatic rings. The molecule has 5 heteroatoms. The van der Waals surface area contributed by atoms with Gasteiger partial charge in [-0.05, 0) is 38.1 Å². The molecule has 94 valence electrons. The van der Waals surface area contributed by atoms with Crippen LogP contribution < -0.4 is 11.1 Å². The van der Waals surface area contributed by atoms with Crippen LogP contribution in [0.5, 0.6) is 0 Å². The first-order chi connectivity index (χ1) is 8.56. The fourth-order valence-electron chi connectivity index (χ4n) is 1.61. The second-order valence-corrected chi connectivity index (χ2v) is 4.09. The van der Waals surface area contributed by atoms with Crippen LogP contribution in [0.15, 0.2) is 34.7 Å². The summed E-state index contributed by atoms with van der Waals surface area (Å²) in [5.41, 5.74) is 5.83. The van der Waals surface area contributed by atoms with Gasteiger partial charge < -0.3 is 15.5 Å². The van der Waals surface area contributed by atoms with E-state index in [1.54, 1.807) is 18.2 Å². The van der Waals surface area contributed by atoms with Crippen molar-refractivity contribution < 1.29 is 9.21 Å². The minimum absolute atomic E-state index is 0.213. The van der Waals surface area contributed by atoms with E-state index >= 15 is 0 Å². The van der Waals surface area contributed by atoms with E-state index in [9.17, 15) is 4.79 Å². The molecular formula is C13H15N3O2. The van der Waals surface area contributed by atoms with Crippen LogP contribution in [-0.4, -0.2) is 10.9 Å². The summed E-state index contributed by atoms with van der Waals surface area (Å²) in [7, 11) is 0. The van der Waals surface area contributed by atoms with Crippen molar-refractivity contribution in [3.8, 4) is 0 Å². The zero-order valence-corrected chi connectivity index (χ0v) is 10.3. The number of anilines is 1. The summed E-state index contributed by atoms with van der Waals surface area (Å²) in [4.78, 5) is 15.9. The molecule has 1 atom stereocenters. The Kier molecular flexibility index (Phi) is 3.32. The number of pyridine rings is 1. The van der Waals surface area contributed by atoms with Crippen LogP contribution in [0.1, 0.15) is 35.0 Å². The third-order valence-corrected chi connectivity index (χ3v) is 2.54. The number of nitrogens with zero attached hydrogens (tertiary/aromatic N) is 1. The summed E-state index contributed by atoms with van der Waals surface area (Å²) in [6.07, 6.45) is 0. The molecule has 5 nitrogen and oxygen atoms in total. The Bertz CT molecular complexity index is 563. The SMILES string of the molecule is Cc1ccc(C(C)NC(=O)c2cccc(N)n2)o1. The molecule has 0 radical (unpaired) electrons. The molecule has 0 aliphatic carbocycles. The Hall–Kier alpha value is -2.30. The van der Waals surface area contributed by atoms with Gasteiger partial charge in [-0.1, -0.05) is 6.07 Å². The van der Waals surface area contributed by atoms with Crippen LogP contribution in [0.3, 0.4) is 0 Å². The number of nitrogens with two attached hydrogens (primary N) is 1. The van der Waals surface area contributed by atoms with E-state index in [0.717, 1.165) is 5.76 Å². The zero-order valence-electron chi connectivity index (χ0n) is 10.3. The highest BCUT2D eigenvalue weighted by molar-refractivity contribution is 5.92. The van der Waals surface area contributed by atoms with E-state index in [0.29, 0.717) is 17.3 Å². The number of nitrogens with one attached hydrogen (secondary N) is 1. The standard InChI is InChI=1S/C13H15N3O2/c1-8-6-7-11(18-8)9(2)15-13(17)10-4-3-5-12(14)16-10/h3-7,9H,1-2H3,(H2,14,16)(H,15,17). The smallest absolute Gasteiger partial charge is 0.270 e. The van der Waals surface area contributed by atoms with Gasteiger partial charge in [-0.15, -0.1) is 0 Å². The lowest BCUT2D eigenvalue weighted by atomic mass is 10.2. The Morgan fingerprint density at radius 3 is 2.78 bits per heavy atom. The van der Waals surface area contributed by atoms with Gasteiger partial charge in [0.05, 0.1) is 6.04 Å². The molecule has 2 aromatic rings.